The van der Waals surface area contributed by atoms with E-state index in [1.807, 2.05) is 6.92 Å². The lowest BCUT2D eigenvalue weighted by atomic mass is 10.00. The van der Waals surface area contributed by atoms with Crippen LogP contribution in [0.2, 0.25) is 0 Å². The molecule has 1 aliphatic heterocycles. The van der Waals surface area contributed by atoms with Crippen molar-refractivity contribution in [1.29, 1.82) is 0 Å². The first-order valence-corrected chi connectivity index (χ1v) is 9.40. The van der Waals surface area contributed by atoms with Crippen LogP contribution in [0.3, 0.4) is 0 Å². The third kappa shape index (κ3) is 4.68. The normalized spacial score (nSPS) is 19.3. The first kappa shape index (κ1) is 17.7. The van der Waals surface area contributed by atoms with E-state index in [2.05, 4.69) is 0 Å². The van der Waals surface area contributed by atoms with E-state index in [-0.39, 0.29) is 18.3 Å². The van der Waals surface area contributed by atoms with Crippen molar-refractivity contribution in [2.24, 2.45) is 5.92 Å². The Morgan fingerprint density at radius 1 is 1.26 bits per heavy atom. The summed E-state index contributed by atoms with van der Waals surface area (Å²) in [7, 11) is -1.71. The van der Waals surface area contributed by atoms with Crippen LogP contribution in [0.25, 0.3) is 0 Å². The van der Waals surface area contributed by atoms with Crippen molar-refractivity contribution in [1.82, 2.24) is 4.31 Å². The van der Waals surface area contributed by atoms with Crippen molar-refractivity contribution in [2.45, 2.75) is 26.2 Å². The molecule has 1 aromatic carbocycles. The van der Waals surface area contributed by atoms with Gasteiger partial charge < -0.3 is 9.47 Å². The van der Waals surface area contributed by atoms with E-state index in [9.17, 15) is 13.2 Å². The molecule has 6 nitrogen and oxygen atoms in total. The molecule has 1 aromatic rings. The number of hydrogen-bond acceptors (Lipinski definition) is 5. The molecule has 0 bridgehead atoms. The molecule has 1 aliphatic rings. The van der Waals surface area contributed by atoms with Gasteiger partial charge in [-0.3, -0.25) is 4.79 Å². The van der Waals surface area contributed by atoms with Crippen molar-refractivity contribution in [3.8, 4) is 11.5 Å². The summed E-state index contributed by atoms with van der Waals surface area (Å²) < 4.78 is 36.1. The Balaban J connectivity index is 1.98. The summed E-state index contributed by atoms with van der Waals surface area (Å²) >= 11 is 0. The molecule has 0 spiro atoms. The Morgan fingerprint density at radius 2 is 1.91 bits per heavy atom. The zero-order valence-corrected chi connectivity index (χ0v) is 14.3. The molecule has 0 radical (unpaired) electrons. The van der Waals surface area contributed by atoms with Gasteiger partial charge in [0.15, 0.2) is 0 Å². The van der Waals surface area contributed by atoms with Gasteiger partial charge in [0.1, 0.15) is 11.5 Å². The van der Waals surface area contributed by atoms with Gasteiger partial charge in [0, 0.05) is 13.1 Å². The molecule has 1 heterocycles. The highest BCUT2D eigenvalue weighted by atomic mass is 32.2. The number of hydrogen-bond donors (Lipinski definition) is 0. The number of ether oxygens (including phenoxy) is 2. The number of methoxy groups -OCH3 is 1. The van der Waals surface area contributed by atoms with Crippen LogP contribution in [0.15, 0.2) is 24.3 Å². The van der Waals surface area contributed by atoms with Crippen LogP contribution in [0, 0.1) is 5.92 Å². The molecule has 7 heteroatoms. The lowest BCUT2D eigenvalue weighted by molar-refractivity contribution is -0.140. The number of carbonyl (C=O) groups excluding carboxylic acids is 1. The molecule has 0 N–H and O–H groups in total. The van der Waals surface area contributed by atoms with Gasteiger partial charge in [-0.25, -0.2) is 12.7 Å². The summed E-state index contributed by atoms with van der Waals surface area (Å²) in [6.45, 7) is 2.52. The van der Waals surface area contributed by atoms with Gasteiger partial charge in [0.05, 0.1) is 18.8 Å². The molecule has 1 saturated heterocycles. The third-order valence-electron chi connectivity index (χ3n) is 3.85. The number of benzene rings is 1. The third-order valence-corrected chi connectivity index (χ3v) is 5.89. The molecule has 23 heavy (non-hydrogen) atoms. The number of nitrogens with zero attached hydrogens (tertiary/aromatic N) is 1. The van der Waals surface area contributed by atoms with Crippen LogP contribution >= 0.6 is 0 Å². The highest BCUT2D eigenvalue weighted by Crippen LogP contribution is 2.23. The minimum Gasteiger partial charge on any atom is -0.497 e. The molecule has 0 amide bonds. The number of rotatable bonds is 6. The Kier molecular flexibility index (Phi) is 6.01. The first-order valence-electron chi connectivity index (χ1n) is 7.80. The van der Waals surface area contributed by atoms with Gasteiger partial charge in [0.2, 0.25) is 10.0 Å². The minimum atomic E-state index is -3.27. The van der Waals surface area contributed by atoms with Crippen molar-refractivity contribution < 1.29 is 22.7 Å². The van der Waals surface area contributed by atoms with Crippen LogP contribution in [-0.2, 0) is 14.8 Å². The van der Waals surface area contributed by atoms with E-state index in [0.717, 1.165) is 0 Å². The van der Waals surface area contributed by atoms with Crippen LogP contribution in [0.1, 0.15) is 26.2 Å². The second-order valence-corrected chi connectivity index (χ2v) is 7.70. The molecule has 0 unspecified atom stereocenters. The summed E-state index contributed by atoms with van der Waals surface area (Å²) in [5.74, 6) is 0.431. The van der Waals surface area contributed by atoms with E-state index in [0.29, 0.717) is 37.3 Å². The summed E-state index contributed by atoms with van der Waals surface area (Å²) in [4.78, 5) is 12.3. The van der Waals surface area contributed by atoms with Gasteiger partial charge in [0.25, 0.3) is 0 Å². The Bertz CT molecular complexity index is 626. The molecule has 2 rings (SSSR count). The summed E-state index contributed by atoms with van der Waals surface area (Å²) in [5, 5.41) is 0. The molecular formula is C16H23NO5S. The highest BCUT2D eigenvalue weighted by Gasteiger charge is 2.32. The quantitative estimate of drug-likeness (QED) is 0.585. The fourth-order valence-corrected chi connectivity index (χ4v) is 4.21. The van der Waals surface area contributed by atoms with E-state index in [1.54, 1.807) is 31.4 Å². The van der Waals surface area contributed by atoms with Crippen molar-refractivity contribution in [3.63, 3.8) is 0 Å². The average molecular weight is 341 g/mol. The smallest absolute Gasteiger partial charge is 0.315 e. The molecular weight excluding hydrogens is 318 g/mol. The highest BCUT2D eigenvalue weighted by molar-refractivity contribution is 7.89. The fraction of sp³-hybridized carbons (Fsp3) is 0.562. The molecule has 1 atom stereocenters. The summed E-state index contributed by atoms with van der Waals surface area (Å²) in [5.41, 5.74) is 0. The Labute approximate surface area is 137 Å². The number of piperidine rings is 1. The predicted molar refractivity (Wildman–Crippen MR) is 87.0 cm³/mol. The van der Waals surface area contributed by atoms with Crippen molar-refractivity contribution in [3.05, 3.63) is 24.3 Å². The van der Waals surface area contributed by atoms with Gasteiger partial charge in [-0.1, -0.05) is 6.92 Å². The first-order chi connectivity index (χ1) is 11.0. The molecule has 0 aliphatic carbocycles. The zero-order chi connectivity index (χ0) is 16.9. The van der Waals surface area contributed by atoms with Gasteiger partial charge in [-0.15, -0.1) is 0 Å². The molecule has 128 valence electrons. The van der Waals surface area contributed by atoms with Crippen LogP contribution < -0.4 is 9.47 Å². The molecule has 0 saturated carbocycles. The van der Waals surface area contributed by atoms with Crippen molar-refractivity contribution >= 4 is 16.0 Å². The van der Waals surface area contributed by atoms with Crippen molar-refractivity contribution in [2.75, 3.05) is 26.0 Å². The molecule has 0 aromatic heterocycles. The Morgan fingerprint density at radius 3 is 2.52 bits per heavy atom. The van der Waals surface area contributed by atoms with E-state index in [1.165, 1.54) is 4.31 Å². The van der Waals surface area contributed by atoms with Crippen LogP contribution in [0.5, 0.6) is 11.5 Å². The van der Waals surface area contributed by atoms with Gasteiger partial charge >= 0.3 is 5.97 Å². The van der Waals surface area contributed by atoms with E-state index < -0.39 is 15.9 Å². The summed E-state index contributed by atoms with van der Waals surface area (Å²) in [6, 6.07) is 6.74. The lowest BCUT2D eigenvalue weighted by Gasteiger charge is -2.30. The van der Waals surface area contributed by atoms with Gasteiger partial charge in [-0.2, -0.15) is 0 Å². The van der Waals surface area contributed by atoms with E-state index in [4.69, 9.17) is 9.47 Å². The minimum absolute atomic E-state index is 0.118. The number of esters is 1. The summed E-state index contributed by atoms with van der Waals surface area (Å²) in [6.07, 6.45) is 1.89. The largest absolute Gasteiger partial charge is 0.497 e. The average Bonchev–Trinajstić information content (AvgIpc) is 2.55. The SMILES string of the molecule is CCCS(=O)(=O)N1CCC[C@H](C(=O)Oc2ccc(OC)cc2)C1. The molecule has 1 fully saturated rings. The van der Waals surface area contributed by atoms with E-state index >= 15 is 0 Å². The second-order valence-electron chi connectivity index (χ2n) is 5.61. The number of carbonyl (C=O) groups is 1. The maximum atomic E-state index is 12.3. The van der Waals surface area contributed by atoms with Gasteiger partial charge in [-0.05, 0) is 43.5 Å². The lowest BCUT2D eigenvalue weighted by Crippen LogP contribution is -2.44. The zero-order valence-electron chi connectivity index (χ0n) is 13.5. The monoisotopic (exact) mass is 341 g/mol. The Hall–Kier alpha value is -1.60. The predicted octanol–water partition coefficient (Wildman–Crippen LogP) is 2.05. The fourth-order valence-electron chi connectivity index (χ4n) is 2.62. The standard InChI is InChI=1S/C16H23NO5S/c1-3-11-23(19,20)17-10-4-5-13(12-17)16(18)22-15-8-6-14(21-2)7-9-15/h6-9,13H,3-5,10-12H2,1-2H3/t13-/m0/s1. The van der Waals surface area contributed by atoms with Crippen LogP contribution in [0.4, 0.5) is 0 Å². The second kappa shape index (κ2) is 7.79. The number of sulfonamides is 1. The topological polar surface area (TPSA) is 72.9 Å². The maximum Gasteiger partial charge on any atom is 0.315 e. The van der Waals surface area contributed by atoms with Crippen LogP contribution in [-0.4, -0.2) is 44.6 Å². The maximum absolute atomic E-state index is 12.3.